The molecule has 0 amide bonds. The van der Waals surface area contributed by atoms with E-state index in [2.05, 4.69) is 31.8 Å². The zero-order valence-corrected chi connectivity index (χ0v) is 18.0. The molecular formula is C25H36O3. The first-order valence-corrected chi connectivity index (χ1v) is 10.6. The summed E-state index contributed by atoms with van der Waals surface area (Å²) in [5, 5.41) is 9.16. The minimum atomic E-state index is -1.25. The van der Waals surface area contributed by atoms with Crippen LogP contribution in [-0.4, -0.2) is 16.7 Å². The number of rotatable bonds is 12. The molecule has 1 N–H and O–H groups in total. The van der Waals surface area contributed by atoms with Crippen molar-refractivity contribution in [1.82, 2.24) is 0 Å². The molecule has 1 aromatic rings. The summed E-state index contributed by atoms with van der Waals surface area (Å²) in [5.41, 5.74) is 0.896. The normalized spacial score (nSPS) is 11.6. The number of carboxylic acid groups (broad SMARTS) is 1. The van der Waals surface area contributed by atoms with Crippen molar-refractivity contribution in [3.63, 3.8) is 0 Å². The smallest absolute Gasteiger partial charge is 0.347 e. The lowest BCUT2D eigenvalue weighted by Crippen LogP contribution is -2.37. The Morgan fingerprint density at radius 2 is 1.68 bits per heavy atom. The fraction of sp³-hybridized carbons (Fsp3) is 0.560. The summed E-state index contributed by atoms with van der Waals surface area (Å²) in [4.78, 5) is 11.2. The van der Waals surface area contributed by atoms with Gasteiger partial charge in [-0.2, -0.15) is 0 Å². The topological polar surface area (TPSA) is 46.5 Å². The molecule has 0 saturated heterocycles. The Kier molecular flexibility index (Phi) is 11.1. The first-order valence-electron chi connectivity index (χ1n) is 10.6. The van der Waals surface area contributed by atoms with Gasteiger partial charge in [-0.25, -0.2) is 4.79 Å². The van der Waals surface area contributed by atoms with Crippen LogP contribution in [0.1, 0.15) is 91.0 Å². The third-order valence-electron chi connectivity index (χ3n) is 4.61. The van der Waals surface area contributed by atoms with Crippen molar-refractivity contribution in [3.8, 4) is 17.6 Å². The maximum absolute atomic E-state index is 11.2. The molecule has 3 nitrogen and oxygen atoms in total. The van der Waals surface area contributed by atoms with Crippen LogP contribution in [0.4, 0.5) is 0 Å². The molecule has 0 saturated carbocycles. The standard InChI is InChI=1S/C25H36O3/c1-5-7-9-11-13-21(14-12-10-8-6-2)15-16-22-17-19-23(20-18-22)28-25(3,4)24(26)27/h13,17-20H,5-12,14H2,1-4H3,(H,26,27)/b21-13+. The fourth-order valence-corrected chi connectivity index (χ4v) is 2.73. The first kappa shape index (κ1) is 23.8. The molecule has 28 heavy (non-hydrogen) atoms. The van der Waals surface area contributed by atoms with Gasteiger partial charge in [0.2, 0.25) is 0 Å². The third-order valence-corrected chi connectivity index (χ3v) is 4.61. The number of ether oxygens (including phenoxy) is 1. The number of unbranched alkanes of at least 4 members (excludes halogenated alkanes) is 6. The average molecular weight is 385 g/mol. The highest BCUT2D eigenvalue weighted by Gasteiger charge is 2.29. The molecule has 1 aromatic carbocycles. The van der Waals surface area contributed by atoms with Crippen LogP contribution < -0.4 is 4.74 Å². The summed E-state index contributed by atoms with van der Waals surface area (Å²) >= 11 is 0. The average Bonchev–Trinajstić information content (AvgIpc) is 2.66. The molecular weight excluding hydrogens is 348 g/mol. The Labute approximate surface area is 171 Å². The Bertz CT molecular complexity index is 672. The second kappa shape index (κ2) is 13.0. The molecule has 0 unspecified atom stereocenters. The molecule has 0 bridgehead atoms. The maximum Gasteiger partial charge on any atom is 0.347 e. The van der Waals surface area contributed by atoms with Crippen molar-refractivity contribution < 1.29 is 14.6 Å². The Hall–Kier alpha value is -2.21. The van der Waals surface area contributed by atoms with Crippen LogP contribution in [0.2, 0.25) is 0 Å². The number of allylic oxidation sites excluding steroid dienone is 2. The molecule has 0 fully saturated rings. The van der Waals surface area contributed by atoms with Crippen LogP contribution in [0, 0.1) is 11.8 Å². The summed E-state index contributed by atoms with van der Waals surface area (Å²) in [6, 6.07) is 7.32. The van der Waals surface area contributed by atoms with Gasteiger partial charge < -0.3 is 9.84 Å². The van der Waals surface area contributed by atoms with E-state index in [1.54, 1.807) is 12.1 Å². The van der Waals surface area contributed by atoms with Crippen molar-refractivity contribution in [3.05, 3.63) is 41.5 Å². The van der Waals surface area contributed by atoms with E-state index >= 15 is 0 Å². The van der Waals surface area contributed by atoms with Gasteiger partial charge in [-0.1, -0.05) is 63.9 Å². The zero-order chi connectivity index (χ0) is 20.8. The molecule has 0 spiro atoms. The molecule has 0 aliphatic rings. The summed E-state index contributed by atoms with van der Waals surface area (Å²) < 4.78 is 5.54. The number of carbonyl (C=O) groups is 1. The van der Waals surface area contributed by atoms with Crippen molar-refractivity contribution >= 4 is 5.97 Å². The predicted octanol–water partition coefficient (Wildman–Crippen LogP) is 6.76. The summed E-state index contributed by atoms with van der Waals surface area (Å²) in [7, 11) is 0. The van der Waals surface area contributed by atoms with Gasteiger partial charge in [0.05, 0.1) is 0 Å². The minimum absolute atomic E-state index is 0.535. The number of carboxylic acids is 1. The van der Waals surface area contributed by atoms with Crippen LogP contribution in [-0.2, 0) is 4.79 Å². The SMILES string of the molecule is CCCCC/C=C(/C#Cc1ccc(OC(C)(C)C(=O)O)cc1)CCCCCC. The summed E-state index contributed by atoms with van der Waals surface area (Å²) in [5.74, 6) is 6.15. The van der Waals surface area contributed by atoms with E-state index < -0.39 is 11.6 Å². The van der Waals surface area contributed by atoms with Crippen LogP contribution in [0.25, 0.3) is 0 Å². The van der Waals surface area contributed by atoms with E-state index in [-0.39, 0.29) is 0 Å². The minimum Gasteiger partial charge on any atom is -0.478 e. The highest BCUT2D eigenvalue weighted by Crippen LogP contribution is 2.19. The van der Waals surface area contributed by atoms with Gasteiger partial charge in [-0.05, 0) is 69.4 Å². The van der Waals surface area contributed by atoms with Gasteiger partial charge in [0, 0.05) is 5.56 Å². The zero-order valence-electron chi connectivity index (χ0n) is 18.0. The predicted molar refractivity (Wildman–Crippen MR) is 117 cm³/mol. The highest BCUT2D eigenvalue weighted by molar-refractivity contribution is 5.76. The van der Waals surface area contributed by atoms with Gasteiger partial charge >= 0.3 is 5.97 Å². The van der Waals surface area contributed by atoms with E-state index in [1.165, 1.54) is 64.4 Å². The van der Waals surface area contributed by atoms with Crippen LogP contribution in [0.3, 0.4) is 0 Å². The van der Waals surface area contributed by atoms with Gasteiger partial charge in [-0.3, -0.25) is 0 Å². The number of aliphatic carboxylic acids is 1. The van der Waals surface area contributed by atoms with Gasteiger partial charge in [0.15, 0.2) is 5.60 Å². The van der Waals surface area contributed by atoms with E-state index in [4.69, 9.17) is 9.84 Å². The molecule has 0 aromatic heterocycles. The number of hydrogen-bond acceptors (Lipinski definition) is 2. The van der Waals surface area contributed by atoms with Crippen LogP contribution in [0.5, 0.6) is 5.75 Å². The van der Waals surface area contributed by atoms with E-state index in [0.717, 1.165) is 18.4 Å². The van der Waals surface area contributed by atoms with Crippen LogP contribution >= 0.6 is 0 Å². The molecule has 3 heteroatoms. The molecule has 0 aliphatic heterocycles. The quantitative estimate of drug-likeness (QED) is 0.320. The van der Waals surface area contributed by atoms with Crippen LogP contribution in [0.15, 0.2) is 35.9 Å². The fourth-order valence-electron chi connectivity index (χ4n) is 2.73. The largest absolute Gasteiger partial charge is 0.478 e. The second-order valence-electron chi connectivity index (χ2n) is 7.73. The molecule has 0 atom stereocenters. The Morgan fingerprint density at radius 1 is 1.04 bits per heavy atom. The lowest BCUT2D eigenvalue weighted by molar-refractivity contribution is -0.152. The third kappa shape index (κ3) is 9.65. The summed E-state index contributed by atoms with van der Waals surface area (Å²) in [6.07, 6.45) is 13.2. The first-order chi connectivity index (χ1) is 13.4. The Morgan fingerprint density at radius 3 is 2.29 bits per heavy atom. The maximum atomic E-state index is 11.2. The lowest BCUT2D eigenvalue weighted by Gasteiger charge is -2.21. The lowest BCUT2D eigenvalue weighted by atomic mass is 10.0. The highest BCUT2D eigenvalue weighted by atomic mass is 16.5. The van der Waals surface area contributed by atoms with Gasteiger partial charge in [0.1, 0.15) is 5.75 Å². The number of benzene rings is 1. The monoisotopic (exact) mass is 384 g/mol. The van der Waals surface area contributed by atoms with Crippen molar-refractivity contribution in [2.45, 2.75) is 91.1 Å². The van der Waals surface area contributed by atoms with E-state index in [9.17, 15) is 4.79 Å². The molecule has 154 valence electrons. The van der Waals surface area contributed by atoms with Crippen molar-refractivity contribution in [2.24, 2.45) is 0 Å². The van der Waals surface area contributed by atoms with Gasteiger partial charge in [0.25, 0.3) is 0 Å². The van der Waals surface area contributed by atoms with E-state index in [1.807, 2.05) is 12.1 Å². The van der Waals surface area contributed by atoms with Crippen molar-refractivity contribution in [1.29, 1.82) is 0 Å². The molecule has 0 heterocycles. The Balaban J connectivity index is 2.76. The number of hydrogen-bond donors (Lipinski definition) is 1. The van der Waals surface area contributed by atoms with Crippen molar-refractivity contribution in [2.75, 3.05) is 0 Å². The second-order valence-corrected chi connectivity index (χ2v) is 7.73. The summed E-state index contributed by atoms with van der Waals surface area (Å²) in [6.45, 7) is 7.53. The molecule has 0 radical (unpaired) electrons. The van der Waals surface area contributed by atoms with Gasteiger partial charge in [-0.15, -0.1) is 0 Å². The molecule has 1 rings (SSSR count). The molecule has 0 aliphatic carbocycles. The van der Waals surface area contributed by atoms with E-state index in [0.29, 0.717) is 5.75 Å².